The van der Waals surface area contributed by atoms with E-state index in [0.717, 1.165) is 42.7 Å². The second-order valence-corrected chi connectivity index (χ2v) is 4.39. The van der Waals surface area contributed by atoms with E-state index in [1.165, 1.54) is 5.56 Å². The van der Waals surface area contributed by atoms with E-state index in [9.17, 15) is 0 Å². The van der Waals surface area contributed by atoms with Crippen LogP contribution in [0.5, 0.6) is 5.75 Å². The fourth-order valence-electron chi connectivity index (χ4n) is 2.32. The highest BCUT2D eigenvalue weighted by atomic mass is 16.5. The van der Waals surface area contributed by atoms with Crippen molar-refractivity contribution in [1.82, 2.24) is 0 Å². The van der Waals surface area contributed by atoms with Crippen LogP contribution in [-0.2, 0) is 6.42 Å². The number of ether oxygens (including phenoxy) is 1. The first-order valence-electron chi connectivity index (χ1n) is 6.30. The average Bonchev–Trinajstić information content (AvgIpc) is 2.79. The van der Waals surface area contributed by atoms with Gasteiger partial charge in [-0.1, -0.05) is 31.1 Å². The summed E-state index contributed by atoms with van der Waals surface area (Å²) in [6.45, 7) is 4.27. The lowest BCUT2D eigenvalue weighted by Crippen LogP contribution is -2.14. The zero-order chi connectivity index (χ0) is 12.3. The van der Waals surface area contributed by atoms with Crippen molar-refractivity contribution in [3.8, 4) is 5.75 Å². The highest BCUT2D eigenvalue weighted by Crippen LogP contribution is 2.32. The maximum Gasteiger partial charge on any atom is 0.123 e. The summed E-state index contributed by atoms with van der Waals surface area (Å²) < 4.78 is 6.01. The van der Waals surface area contributed by atoms with Crippen LogP contribution in [0.4, 0.5) is 0 Å². The Morgan fingerprint density at radius 3 is 2.71 bits per heavy atom. The molecule has 0 amide bonds. The minimum absolute atomic E-state index is 0.275. The highest BCUT2D eigenvalue weighted by Gasteiger charge is 2.22. The van der Waals surface area contributed by atoms with Crippen LogP contribution in [0.1, 0.15) is 44.2 Å². The summed E-state index contributed by atoms with van der Waals surface area (Å²) in [6.07, 6.45) is 4.01. The lowest BCUT2D eigenvalue weighted by molar-refractivity contribution is 0.191. The molecule has 1 aliphatic rings. The molecule has 3 heteroatoms. The monoisotopic (exact) mass is 233 g/mol. The molecule has 0 unspecified atom stereocenters. The van der Waals surface area contributed by atoms with E-state index in [1.807, 2.05) is 18.2 Å². The summed E-state index contributed by atoms with van der Waals surface area (Å²) >= 11 is 0. The van der Waals surface area contributed by atoms with Crippen LogP contribution < -0.4 is 4.74 Å². The minimum atomic E-state index is 0.275. The fourth-order valence-corrected chi connectivity index (χ4v) is 2.32. The molecule has 0 heterocycles. The SMILES string of the molecule is CCC(CC)Oc1cccc2c1CCC2=NO. The zero-order valence-corrected chi connectivity index (χ0v) is 10.4. The molecule has 17 heavy (non-hydrogen) atoms. The molecule has 0 spiro atoms. The Kier molecular flexibility index (Phi) is 3.67. The number of rotatable bonds is 4. The molecule has 0 atom stereocenters. The molecule has 0 aliphatic heterocycles. The number of hydrogen-bond donors (Lipinski definition) is 1. The van der Waals surface area contributed by atoms with Gasteiger partial charge in [0.2, 0.25) is 0 Å². The first-order valence-corrected chi connectivity index (χ1v) is 6.30. The first kappa shape index (κ1) is 12.0. The Balaban J connectivity index is 2.28. The van der Waals surface area contributed by atoms with E-state index >= 15 is 0 Å². The number of hydrogen-bond acceptors (Lipinski definition) is 3. The molecule has 0 fully saturated rings. The van der Waals surface area contributed by atoms with E-state index in [4.69, 9.17) is 9.94 Å². The van der Waals surface area contributed by atoms with Crippen LogP contribution in [0.25, 0.3) is 0 Å². The Hall–Kier alpha value is -1.51. The predicted molar refractivity (Wildman–Crippen MR) is 68.1 cm³/mol. The number of oxime groups is 1. The lowest BCUT2D eigenvalue weighted by atomic mass is 10.1. The summed E-state index contributed by atoms with van der Waals surface area (Å²) in [5, 5.41) is 12.3. The molecular formula is C14H19NO2. The third kappa shape index (κ3) is 2.28. The molecule has 0 saturated heterocycles. The van der Waals surface area contributed by atoms with E-state index in [0.29, 0.717) is 0 Å². The first-order chi connectivity index (χ1) is 8.30. The second-order valence-electron chi connectivity index (χ2n) is 4.39. The third-order valence-electron chi connectivity index (χ3n) is 3.38. The topological polar surface area (TPSA) is 41.8 Å². The number of nitrogens with zero attached hydrogens (tertiary/aromatic N) is 1. The van der Waals surface area contributed by atoms with Crippen molar-refractivity contribution in [1.29, 1.82) is 0 Å². The fraction of sp³-hybridized carbons (Fsp3) is 0.500. The van der Waals surface area contributed by atoms with E-state index < -0.39 is 0 Å². The Morgan fingerprint density at radius 1 is 1.29 bits per heavy atom. The molecule has 2 rings (SSSR count). The van der Waals surface area contributed by atoms with Gasteiger partial charge in [-0.15, -0.1) is 0 Å². The summed E-state index contributed by atoms with van der Waals surface area (Å²) in [7, 11) is 0. The lowest BCUT2D eigenvalue weighted by Gasteiger charge is -2.18. The van der Waals surface area contributed by atoms with Crippen molar-refractivity contribution in [3.05, 3.63) is 29.3 Å². The number of fused-ring (bicyclic) bond motifs is 1. The van der Waals surface area contributed by atoms with Gasteiger partial charge in [0.05, 0.1) is 11.8 Å². The molecule has 1 aromatic carbocycles. The molecule has 0 radical (unpaired) electrons. The molecular weight excluding hydrogens is 214 g/mol. The second kappa shape index (κ2) is 5.21. The summed E-state index contributed by atoms with van der Waals surface area (Å²) in [6, 6.07) is 5.97. The van der Waals surface area contributed by atoms with Crippen molar-refractivity contribution in [2.24, 2.45) is 5.16 Å². The molecule has 92 valence electrons. The quantitative estimate of drug-likeness (QED) is 0.640. The van der Waals surface area contributed by atoms with Crippen molar-refractivity contribution < 1.29 is 9.94 Å². The van der Waals surface area contributed by atoms with Gasteiger partial charge in [-0.2, -0.15) is 0 Å². The molecule has 3 nitrogen and oxygen atoms in total. The van der Waals surface area contributed by atoms with Gasteiger partial charge < -0.3 is 9.94 Å². The van der Waals surface area contributed by atoms with Crippen molar-refractivity contribution in [2.45, 2.75) is 45.6 Å². The Morgan fingerprint density at radius 2 is 2.06 bits per heavy atom. The summed E-state index contributed by atoms with van der Waals surface area (Å²) in [4.78, 5) is 0. The number of benzene rings is 1. The molecule has 1 N–H and O–H groups in total. The Bertz CT molecular complexity index is 422. The van der Waals surface area contributed by atoms with Gasteiger partial charge in [-0.05, 0) is 31.7 Å². The van der Waals surface area contributed by atoms with E-state index in [-0.39, 0.29) is 6.10 Å². The van der Waals surface area contributed by atoms with Crippen molar-refractivity contribution in [2.75, 3.05) is 0 Å². The van der Waals surface area contributed by atoms with E-state index in [1.54, 1.807) is 0 Å². The van der Waals surface area contributed by atoms with Gasteiger partial charge >= 0.3 is 0 Å². The van der Waals surface area contributed by atoms with Gasteiger partial charge in [-0.3, -0.25) is 0 Å². The van der Waals surface area contributed by atoms with Crippen LogP contribution in [0.2, 0.25) is 0 Å². The maximum absolute atomic E-state index is 8.93. The highest BCUT2D eigenvalue weighted by molar-refractivity contribution is 6.04. The molecule has 1 aliphatic carbocycles. The van der Waals surface area contributed by atoms with Gasteiger partial charge in [0.15, 0.2) is 0 Å². The van der Waals surface area contributed by atoms with Gasteiger partial charge in [0, 0.05) is 11.1 Å². The molecule has 0 saturated carbocycles. The largest absolute Gasteiger partial charge is 0.490 e. The van der Waals surface area contributed by atoms with Gasteiger partial charge in [-0.25, -0.2) is 0 Å². The molecule has 0 bridgehead atoms. The Labute approximate surface area is 102 Å². The third-order valence-corrected chi connectivity index (χ3v) is 3.38. The predicted octanol–water partition coefficient (Wildman–Crippen LogP) is 3.38. The summed E-state index contributed by atoms with van der Waals surface area (Å²) in [5.41, 5.74) is 3.00. The van der Waals surface area contributed by atoms with Crippen LogP contribution in [-0.4, -0.2) is 17.0 Å². The summed E-state index contributed by atoms with van der Waals surface area (Å²) in [5.74, 6) is 0.954. The molecule has 1 aromatic rings. The van der Waals surface area contributed by atoms with E-state index in [2.05, 4.69) is 19.0 Å². The smallest absolute Gasteiger partial charge is 0.123 e. The van der Waals surface area contributed by atoms with Gasteiger partial charge in [0.25, 0.3) is 0 Å². The zero-order valence-electron chi connectivity index (χ0n) is 10.4. The normalized spacial score (nSPS) is 16.5. The van der Waals surface area contributed by atoms with Crippen LogP contribution in [0, 0.1) is 0 Å². The van der Waals surface area contributed by atoms with Crippen LogP contribution >= 0.6 is 0 Å². The molecule has 0 aromatic heterocycles. The van der Waals surface area contributed by atoms with Gasteiger partial charge in [0.1, 0.15) is 5.75 Å². The van der Waals surface area contributed by atoms with Crippen LogP contribution in [0.3, 0.4) is 0 Å². The average molecular weight is 233 g/mol. The van der Waals surface area contributed by atoms with Crippen molar-refractivity contribution in [3.63, 3.8) is 0 Å². The maximum atomic E-state index is 8.93. The van der Waals surface area contributed by atoms with Crippen LogP contribution in [0.15, 0.2) is 23.4 Å². The minimum Gasteiger partial charge on any atom is -0.490 e. The standard InChI is InChI=1S/C14H19NO2/c1-3-10(4-2)17-14-7-5-6-11-12(14)8-9-13(11)15-16/h5-7,10,16H,3-4,8-9H2,1-2H3. The van der Waals surface area contributed by atoms with Crippen molar-refractivity contribution >= 4 is 5.71 Å².